The number of nitrogens with zero attached hydrogens (tertiary/aromatic N) is 2. The van der Waals surface area contributed by atoms with Gasteiger partial charge in [-0.3, -0.25) is 4.57 Å². The number of aromatic amines is 1. The predicted molar refractivity (Wildman–Crippen MR) is 72.9 cm³/mol. The van der Waals surface area contributed by atoms with E-state index in [1.165, 1.54) is 12.1 Å². The molecule has 1 saturated heterocycles. The Morgan fingerprint density at radius 1 is 1.37 bits per heavy atom. The minimum absolute atomic E-state index is 0.129. The normalized spacial score (nSPS) is 18.2. The first-order valence-corrected chi connectivity index (χ1v) is 6.81. The Kier molecular flexibility index (Phi) is 3.14. The molecule has 4 nitrogen and oxygen atoms in total. The molecule has 0 amide bonds. The summed E-state index contributed by atoms with van der Waals surface area (Å²) < 4.78 is 15.1. The zero-order chi connectivity index (χ0) is 13.4. The molecule has 5 heteroatoms. The lowest BCUT2D eigenvalue weighted by Crippen LogP contribution is -2.36. The van der Waals surface area contributed by atoms with E-state index in [1.807, 2.05) is 0 Å². The molecule has 0 saturated carbocycles. The number of fused-ring (bicyclic) bond motifs is 1. The van der Waals surface area contributed by atoms with E-state index in [0.717, 1.165) is 32.5 Å². The lowest BCUT2D eigenvalue weighted by atomic mass is 10.0. The summed E-state index contributed by atoms with van der Waals surface area (Å²) in [4.78, 5) is 17.2. The Bertz CT molecular complexity index is 638. The monoisotopic (exact) mass is 263 g/mol. The van der Waals surface area contributed by atoms with E-state index in [2.05, 4.69) is 16.8 Å². The first kappa shape index (κ1) is 12.4. The van der Waals surface area contributed by atoms with Gasteiger partial charge in [-0.1, -0.05) is 6.92 Å². The fraction of sp³-hybridized carbons (Fsp3) is 0.500. The third-order valence-electron chi connectivity index (χ3n) is 4.05. The Morgan fingerprint density at radius 2 is 2.11 bits per heavy atom. The topological polar surface area (TPSA) is 41.0 Å². The zero-order valence-electron chi connectivity index (χ0n) is 11.0. The predicted octanol–water partition coefficient (Wildman–Crippen LogP) is 2.13. The van der Waals surface area contributed by atoms with Crippen LogP contribution in [0.4, 0.5) is 4.39 Å². The van der Waals surface area contributed by atoms with Crippen LogP contribution in [0.15, 0.2) is 23.0 Å². The number of hydrogen-bond donors (Lipinski definition) is 1. The van der Waals surface area contributed by atoms with E-state index in [4.69, 9.17) is 0 Å². The van der Waals surface area contributed by atoms with Crippen LogP contribution in [0.25, 0.3) is 11.0 Å². The Labute approximate surface area is 110 Å². The third-order valence-corrected chi connectivity index (χ3v) is 4.05. The number of likely N-dealkylation sites (tertiary alicyclic amines) is 1. The summed E-state index contributed by atoms with van der Waals surface area (Å²) in [7, 11) is 0. The molecule has 19 heavy (non-hydrogen) atoms. The van der Waals surface area contributed by atoms with Crippen molar-refractivity contribution in [3.05, 3.63) is 34.5 Å². The van der Waals surface area contributed by atoms with Crippen LogP contribution in [0.3, 0.4) is 0 Å². The molecule has 0 spiro atoms. The molecule has 1 aliphatic heterocycles. The first-order chi connectivity index (χ1) is 9.19. The summed E-state index contributed by atoms with van der Waals surface area (Å²) in [6.07, 6.45) is 1.88. The highest BCUT2D eigenvalue weighted by Gasteiger charge is 2.22. The smallest absolute Gasteiger partial charge is 0.306 e. The van der Waals surface area contributed by atoms with Gasteiger partial charge in [0, 0.05) is 19.1 Å². The van der Waals surface area contributed by atoms with Gasteiger partial charge in [0.2, 0.25) is 0 Å². The van der Waals surface area contributed by atoms with E-state index in [9.17, 15) is 9.18 Å². The molecule has 0 aliphatic carbocycles. The number of hydrogen-bond acceptors (Lipinski definition) is 2. The van der Waals surface area contributed by atoms with Crippen LogP contribution < -0.4 is 5.69 Å². The summed E-state index contributed by atoms with van der Waals surface area (Å²) >= 11 is 0. The van der Waals surface area contributed by atoms with Crippen molar-refractivity contribution < 1.29 is 4.39 Å². The SMILES string of the molecule is CCN1CCC(n2c(=O)[nH]c3ccc(F)cc32)CC1. The molecular weight excluding hydrogens is 245 g/mol. The number of benzene rings is 1. The summed E-state index contributed by atoms with van der Waals surface area (Å²) in [5, 5.41) is 0. The van der Waals surface area contributed by atoms with Gasteiger partial charge in [-0.2, -0.15) is 0 Å². The van der Waals surface area contributed by atoms with Gasteiger partial charge >= 0.3 is 5.69 Å². The summed E-state index contributed by atoms with van der Waals surface area (Å²) in [5.74, 6) is -0.300. The highest BCUT2D eigenvalue weighted by atomic mass is 19.1. The van der Waals surface area contributed by atoms with E-state index in [-0.39, 0.29) is 17.5 Å². The molecule has 0 bridgehead atoms. The molecule has 0 atom stereocenters. The zero-order valence-corrected chi connectivity index (χ0v) is 11.0. The van der Waals surface area contributed by atoms with Crippen LogP contribution in [0.2, 0.25) is 0 Å². The maximum absolute atomic E-state index is 13.4. The largest absolute Gasteiger partial charge is 0.326 e. The number of imidazole rings is 1. The number of piperidine rings is 1. The summed E-state index contributed by atoms with van der Waals surface area (Å²) in [5.41, 5.74) is 1.26. The maximum atomic E-state index is 13.4. The lowest BCUT2D eigenvalue weighted by molar-refractivity contribution is 0.195. The fourth-order valence-electron chi connectivity index (χ4n) is 2.95. The minimum atomic E-state index is -0.300. The molecule has 1 N–H and O–H groups in total. The molecule has 1 aromatic heterocycles. The molecule has 2 heterocycles. The van der Waals surface area contributed by atoms with E-state index < -0.39 is 0 Å². The van der Waals surface area contributed by atoms with Crippen LogP contribution in [-0.4, -0.2) is 34.1 Å². The average molecular weight is 263 g/mol. The molecule has 1 aromatic carbocycles. The highest BCUT2D eigenvalue weighted by Crippen LogP contribution is 2.24. The first-order valence-electron chi connectivity index (χ1n) is 6.81. The van der Waals surface area contributed by atoms with Gasteiger partial charge < -0.3 is 9.88 Å². The second-order valence-electron chi connectivity index (χ2n) is 5.13. The standard InChI is InChI=1S/C14H18FN3O/c1-2-17-7-5-11(6-8-17)18-13-9-10(15)3-4-12(13)16-14(18)19/h3-4,9,11H,2,5-8H2,1H3,(H,16,19). The van der Waals surface area contributed by atoms with Crippen LogP contribution in [0, 0.1) is 5.82 Å². The van der Waals surface area contributed by atoms with Gasteiger partial charge in [0.25, 0.3) is 0 Å². The van der Waals surface area contributed by atoms with Crippen molar-refractivity contribution in [2.24, 2.45) is 0 Å². The number of H-pyrrole nitrogens is 1. The average Bonchev–Trinajstić information content (AvgIpc) is 2.74. The Balaban J connectivity index is 1.98. The number of rotatable bonds is 2. The van der Waals surface area contributed by atoms with E-state index in [1.54, 1.807) is 10.6 Å². The highest BCUT2D eigenvalue weighted by molar-refractivity contribution is 5.75. The van der Waals surface area contributed by atoms with Crippen LogP contribution >= 0.6 is 0 Å². The Morgan fingerprint density at radius 3 is 2.79 bits per heavy atom. The van der Waals surface area contributed by atoms with Gasteiger partial charge in [-0.05, 0) is 37.6 Å². The molecule has 1 aliphatic rings. The molecule has 0 radical (unpaired) electrons. The van der Waals surface area contributed by atoms with Crippen LogP contribution in [0.1, 0.15) is 25.8 Å². The Hall–Kier alpha value is -1.62. The summed E-state index contributed by atoms with van der Waals surface area (Å²) in [6, 6.07) is 4.62. The van der Waals surface area contributed by atoms with E-state index >= 15 is 0 Å². The molecular formula is C14H18FN3O. The van der Waals surface area contributed by atoms with Gasteiger partial charge in [0.05, 0.1) is 11.0 Å². The number of nitrogens with one attached hydrogen (secondary N) is 1. The third kappa shape index (κ3) is 2.18. The van der Waals surface area contributed by atoms with Crippen molar-refractivity contribution in [2.45, 2.75) is 25.8 Å². The van der Waals surface area contributed by atoms with Crippen molar-refractivity contribution in [1.82, 2.24) is 14.5 Å². The maximum Gasteiger partial charge on any atom is 0.326 e. The lowest BCUT2D eigenvalue weighted by Gasteiger charge is -2.31. The second-order valence-corrected chi connectivity index (χ2v) is 5.13. The van der Waals surface area contributed by atoms with Crippen molar-refractivity contribution in [3.63, 3.8) is 0 Å². The van der Waals surface area contributed by atoms with Crippen LogP contribution in [-0.2, 0) is 0 Å². The fourth-order valence-corrected chi connectivity index (χ4v) is 2.95. The van der Waals surface area contributed by atoms with Gasteiger partial charge in [-0.15, -0.1) is 0 Å². The van der Waals surface area contributed by atoms with Gasteiger partial charge in [0.15, 0.2) is 0 Å². The van der Waals surface area contributed by atoms with Gasteiger partial charge in [0.1, 0.15) is 5.82 Å². The van der Waals surface area contributed by atoms with Crippen molar-refractivity contribution in [1.29, 1.82) is 0 Å². The molecule has 0 unspecified atom stereocenters. The van der Waals surface area contributed by atoms with E-state index in [0.29, 0.717) is 11.0 Å². The molecule has 1 fully saturated rings. The number of aromatic nitrogens is 2. The molecule has 102 valence electrons. The number of halogens is 1. The van der Waals surface area contributed by atoms with Crippen molar-refractivity contribution in [2.75, 3.05) is 19.6 Å². The second kappa shape index (κ2) is 4.81. The quantitative estimate of drug-likeness (QED) is 0.901. The summed E-state index contributed by atoms with van der Waals surface area (Å²) in [6.45, 7) is 5.18. The molecule has 2 aromatic rings. The minimum Gasteiger partial charge on any atom is -0.306 e. The molecule has 3 rings (SSSR count). The van der Waals surface area contributed by atoms with Crippen molar-refractivity contribution >= 4 is 11.0 Å². The van der Waals surface area contributed by atoms with Crippen molar-refractivity contribution in [3.8, 4) is 0 Å². The van der Waals surface area contributed by atoms with Crippen LogP contribution in [0.5, 0.6) is 0 Å². The van der Waals surface area contributed by atoms with Gasteiger partial charge in [-0.25, -0.2) is 9.18 Å².